The summed E-state index contributed by atoms with van der Waals surface area (Å²) in [6.07, 6.45) is -2.48. The van der Waals surface area contributed by atoms with Crippen molar-refractivity contribution in [2.75, 3.05) is 3.71 Å². The van der Waals surface area contributed by atoms with Crippen LogP contribution in [0.2, 0.25) is 0 Å². The molecule has 0 saturated carbocycles. The van der Waals surface area contributed by atoms with Gasteiger partial charge in [-0.05, 0) is 53.6 Å². The molecule has 0 saturated heterocycles. The molecule has 0 aliphatic carbocycles. The zero-order valence-corrected chi connectivity index (χ0v) is 21.4. The zero-order valence-electron chi connectivity index (χ0n) is 18.1. The van der Waals surface area contributed by atoms with E-state index in [1.54, 1.807) is 56.4 Å². The van der Waals surface area contributed by atoms with Crippen molar-refractivity contribution in [1.82, 2.24) is 0 Å². The average molecular weight is 584 g/mol. The maximum absolute atomic E-state index is 13.3. The van der Waals surface area contributed by atoms with Gasteiger partial charge in [0.1, 0.15) is 7.85 Å². The summed E-state index contributed by atoms with van der Waals surface area (Å²) in [4.78, 5) is 0. The first kappa shape index (κ1) is 26.8. The Bertz CT molecular complexity index is 1420. The topological polar surface area (TPSA) is 71.5 Å². The second kappa shape index (κ2) is 10.4. The van der Waals surface area contributed by atoms with Gasteiger partial charge in [-0.15, -0.1) is 0 Å². The first-order chi connectivity index (χ1) is 16.3. The van der Waals surface area contributed by atoms with Crippen LogP contribution in [0.15, 0.2) is 88.1 Å². The lowest BCUT2D eigenvalue weighted by atomic mass is 9.95. The molecule has 5 nitrogen and oxygen atoms in total. The molecule has 12 heteroatoms. The molecule has 3 rings (SSSR count). The number of benzene rings is 3. The summed E-state index contributed by atoms with van der Waals surface area (Å²) in [7, 11) is -7.78. The molecule has 0 heterocycles. The summed E-state index contributed by atoms with van der Waals surface area (Å²) in [5, 5.41) is 1.28. The quantitative estimate of drug-likeness (QED) is 0.383. The normalized spacial score (nSPS) is 12.9. The van der Waals surface area contributed by atoms with Crippen LogP contribution in [0.5, 0.6) is 0 Å². The number of rotatable bonds is 7. The Morgan fingerprint density at radius 1 is 0.771 bits per heavy atom. The Labute approximate surface area is 211 Å². The first-order valence-corrected chi connectivity index (χ1v) is 13.7. The van der Waals surface area contributed by atoms with Gasteiger partial charge in [-0.2, -0.15) is 16.9 Å². The van der Waals surface area contributed by atoms with E-state index in [4.69, 9.17) is 0 Å². The van der Waals surface area contributed by atoms with E-state index in [1.165, 1.54) is 6.08 Å². The predicted octanol–water partition coefficient (Wildman–Crippen LogP) is 4.53. The summed E-state index contributed by atoms with van der Waals surface area (Å²) in [6.45, 7) is 0. The van der Waals surface area contributed by atoms with Gasteiger partial charge in [-0.3, -0.25) is 0 Å². The van der Waals surface area contributed by atoms with Gasteiger partial charge in [-0.1, -0.05) is 63.9 Å². The molecule has 0 aliphatic heterocycles. The van der Waals surface area contributed by atoms with Crippen LogP contribution in [0.3, 0.4) is 0 Å². The highest BCUT2D eigenvalue weighted by Gasteiger charge is 2.35. The molecule has 0 radical (unpaired) electrons. The van der Waals surface area contributed by atoms with Crippen molar-refractivity contribution >= 4 is 67.1 Å². The van der Waals surface area contributed by atoms with E-state index >= 15 is 0 Å². The van der Waals surface area contributed by atoms with Crippen LogP contribution in [0.4, 0.5) is 18.9 Å². The number of sulfonamides is 2. The summed E-state index contributed by atoms with van der Waals surface area (Å²) >= 11 is 3.25. The second-order valence-electron chi connectivity index (χ2n) is 7.41. The van der Waals surface area contributed by atoms with Crippen LogP contribution < -0.4 is 9.17 Å². The van der Waals surface area contributed by atoms with Crippen LogP contribution in [0.1, 0.15) is 16.7 Å². The number of hydrogen-bond donors (Lipinski definition) is 0. The number of halogens is 4. The van der Waals surface area contributed by atoms with Crippen LogP contribution in [0.25, 0.3) is 12.2 Å². The summed E-state index contributed by atoms with van der Waals surface area (Å²) in [5.41, 5.74) is -0.125. The third kappa shape index (κ3) is 7.09. The second-order valence-corrected chi connectivity index (χ2v) is 11.9. The fraction of sp³-hybridized carbons (Fsp3) is 0.0435. The Balaban J connectivity index is 2.13. The molecule has 3 aromatic carbocycles. The number of nitrogens with zero attached hydrogens (tertiary/aromatic N) is 1. The predicted molar refractivity (Wildman–Crippen MR) is 139 cm³/mol. The third-order valence-electron chi connectivity index (χ3n) is 4.60. The minimum absolute atomic E-state index is 0.0178. The standard InChI is InChI=1S/C23H18BBrF3NO4S2/c24-20-7-1-4-17(14-20)10-12-34(30,31)29(22-9-3-6-19(16-22)23(26,27)28)35(32,33)13-11-18-5-2-8-21(25)15-18/h1-16H,24H2/b12-10+,13-11+. The van der Waals surface area contributed by atoms with Gasteiger partial charge in [0.05, 0.1) is 22.1 Å². The van der Waals surface area contributed by atoms with Crippen LogP contribution in [-0.2, 0) is 26.2 Å². The van der Waals surface area contributed by atoms with E-state index < -0.39 is 37.5 Å². The molecule has 0 fully saturated rings. The van der Waals surface area contributed by atoms with Crippen LogP contribution in [0, 0.1) is 0 Å². The Morgan fingerprint density at radius 3 is 1.86 bits per heavy atom. The molecule has 0 spiro atoms. The molecular formula is C23H18BBrF3NO4S2. The van der Waals surface area contributed by atoms with Crippen molar-refractivity contribution in [3.63, 3.8) is 0 Å². The highest BCUT2D eigenvalue weighted by atomic mass is 79.9. The molecule has 0 aromatic heterocycles. The lowest BCUT2D eigenvalue weighted by Crippen LogP contribution is -2.34. The number of anilines is 1. The monoisotopic (exact) mass is 583 g/mol. The number of alkyl halides is 3. The Kier molecular flexibility index (Phi) is 7.98. The zero-order chi connectivity index (χ0) is 25.9. The summed E-state index contributed by atoms with van der Waals surface area (Å²) in [6, 6.07) is 16.4. The lowest BCUT2D eigenvalue weighted by Gasteiger charge is -2.21. The van der Waals surface area contributed by atoms with E-state index in [0.717, 1.165) is 29.7 Å². The largest absolute Gasteiger partial charge is 0.416 e. The Morgan fingerprint density at radius 2 is 1.31 bits per heavy atom. The fourth-order valence-corrected chi connectivity index (χ4v) is 6.63. The van der Waals surface area contributed by atoms with Crippen LogP contribution >= 0.6 is 15.9 Å². The van der Waals surface area contributed by atoms with Crippen molar-refractivity contribution in [3.05, 3.63) is 105 Å². The van der Waals surface area contributed by atoms with Gasteiger partial charge in [0.15, 0.2) is 0 Å². The minimum Gasteiger partial charge on any atom is -0.201 e. The molecule has 0 amide bonds. The van der Waals surface area contributed by atoms with Gasteiger partial charge < -0.3 is 0 Å². The maximum atomic E-state index is 13.3. The van der Waals surface area contributed by atoms with Crippen molar-refractivity contribution in [2.24, 2.45) is 0 Å². The van der Waals surface area contributed by atoms with E-state index in [9.17, 15) is 30.0 Å². The van der Waals surface area contributed by atoms with E-state index in [0.29, 0.717) is 32.5 Å². The van der Waals surface area contributed by atoms with Gasteiger partial charge >= 0.3 is 6.18 Å². The summed E-state index contributed by atoms with van der Waals surface area (Å²) in [5.74, 6) is 0. The molecule has 0 unspecified atom stereocenters. The SMILES string of the molecule is Bc1cccc(/C=C/S(=O)(=O)N(c2cccc(C(F)(F)F)c2)S(=O)(=O)/C=C/c2cccc(Br)c2)c1. The molecule has 0 aliphatic rings. The fourth-order valence-electron chi connectivity index (χ4n) is 3.06. The number of hydrogen-bond acceptors (Lipinski definition) is 4. The average Bonchev–Trinajstić information content (AvgIpc) is 2.76. The smallest absolute Gasteiger partial charge is 0.201 e. The van der Waals surface area contributed by atoms with Crippen molar-refractivity contribution in [2.45, 2.75) is 6.18 Å². The highest BCUT2D eigenvalue weighted by Crippen LogP contribution is 2.34. The van der Waals surface area contributed by atoms with Gasteiger partial charge in [0.25, 0.3) is 20.0 Å². The van der Waals surface area contributed by atoms with Gasteiger partial charge in [0, 0.05) is 4.47 Å². The first-order valence-electron chi connectivity index (χ1n) is 9.94. The molecule has 3 aromatic rings. The molecule has 0 bridgehead atoms. The molecule has 0 N–H and O–H groups in total. The van der Waals surface area contributed by atoms with Gasteiger partial charge in [-0.25, -0.2) is 16.8 Å². The Hall–Kier alpha value is -2.83. The van der Waals surface area contributed by atoms with Crippen molar-refractivity contribution < 1.29 is 30.0 Å². The van der Waals surface area contributed by atoms with E-state index in [1.807, 2.05) is 0 Å². The van der Waals surface area contributed by atoms with Crippen molar-refractivity contribution in [3.8, 4) is 0 Å². The lowest BCUT2D eigenvalue weighted by molar-refractivity contribution is -0.137. The van der Waals surface area contributed by atoms with E-state index in [-0.39, 0.29) is 3.71 Å². The van der Waals surface area contributed by atoms with Crippen LogP contribution in [-0.4, -0.2) is 24.7 Å². The van der Waals surface area contributed by atoms with Gasteiger partial charge in [0.2, 0.25) is 0 Å². The molecule has 35 heavy (non-hydrogen) atoms. The molecule has 182 valence electrons. The molecule has 0 atom stereocenters. The summed E-state index contributed by atoms with van der Waals surface area (Å²) < 4.78 is 93.3. The van der Waals surface area contributed by atoms with E-state index in [2.05, 4.69) is 15.9 Å². The maximum Gasteiger partial charge on any atom is 0.416 e. The highest BCUT2D eigenvalue weighted by molar-refractivity contribution is 9.10. The molecular weight excluding hydrogens is 566 g/mol. The third-order valence-corrected chi connectivity index (χ3v) is 8.65. The van der Waals surface area contributed by atoms with Crippen molar-refractivity contribution in [1.29, 1.82) is 0 Å². The minimum atomic E-state index is -4.81.